The van der Waals surface area contributed by atoms with Gasteiger partial charge in [-0.3, -0.25) is 4.90 Å². The van der Waals surface area contributed by atoms with E-state index in [4.69, 9.17) is 9.47 Å². The number of ether oxygens (including phenoxy) is 2. The zero-order valence-corrected chi connectivity index (χ0v) is 15.9. The molecule has 0 saturated heterocycles. The second-order valence-electron chi connectivity index (χ2n) is 7.43. The topological polar surface area (TPSA) is 69.5 Å². The van der Waals surface area contributed by atoms with Crippen molar-refractivity contribution in [3.63, 3.8) is 0 Å². The summed E-state index contributed by atoms with van der Waals surface area (Å²) in [6.07, 6.45) is 1.40. The molecule has 2 heterocycles. The number of carbonyl (C=O) groups excluding carboxylic acids is 1. The van der Waals surface area contributed by atoms with E-state index < -0.39 is 5.60 Å². The van der Waals surface area contributed by atoms with Gasteiger partial charge in [-0.25, -0.2) is 4.79 Å². The molecule has 26 heavy (non-hydrogen) atoms. The summed E-state index contributed by atoms with van der Waals surface area (Å²) in [6.45, 7) is 7.34. The van der Waals surface area contributed by atoms with Crippen molar-refractivity contribution in [2.24, 2.45) is 0 Å². The van der Waals surface area contributed by atoms with E-state index in [2.05, 4.69) is 26.9 Å². The zero-order valence-electron chi connectivity index (χ0n) is 15.9. The maximum absolute atomic E-state index is 12.2. The van der Waals surface area contributed by atoms with Gasteiger partial charge < -0.3 is 14.0 Å². The van der Waals surface area contributed by atoms with E-state index in [9.17, 15) is 4.79 Å². The average molecular weight is 358 g/mol. The van der Waals surface area contributed by atoms with E-state index in [1.807, 2.05) is 32.9 Å². The lowest BCUT2D eigenvalue weighted by atomic mass is 10.1. The quantitative estimate of drug-likeness (QED) is 0.841. The van der Waals surface area contributed by atoms with Crippen LogP contribution in [0.4, 0.5) is 4.79 Å². The third-order valence-corrected chi connectivity index (χ3v) is 4.28. The molecule has 0 atom stereocenters. The monoisotopic (exact) mass is 358 g/mol. The van der Waals surface area contributed by atoms with Crippen molar-refractivity contribution in [2.75, 3.05) is 13.7 Å². The highest BCUT2D eigenvalue weighted by molar-refractivity contribution is 5.68. The highest BCUT2D eigenvalue weighted by Gasteiger charge is 2.27. The number of carbonyl (C=O) groups is 1. The molecule has 0 saturated carbocycles. The Balaban J connectivity index is 1.61. The number of amides is 1. The first-order valence-electron chi connectivity index (χ1n) is 8.87. The standard InChI is InChI=1S/C19H26N4O3/c1-19(2,3)26-18(24)22-11-12-23-16(20-21-17(23)13-22)10-7-14-5-8-15(25-4)9-6-14/h5-6,8-9H,7,10-13H2,1-4H3. The summed E-state index contributed by atoms with van der Waals surface area (Å²) in [4.78, 5) is 13.9. The van der Waals surface area contributed by atoms with Crippen molar-refractivity contribution in [2.45, 2.75) is 52.3 Å². The van der Waals surface area contributed by atoms with E-state index in [-0.39, 0.29) is 6.09 Å². The predicted octanol–water partition coefficient (Wildman–Crippen LogP) is 2.82. The van der Waals surface area contributed by atoms with Crippen LogP contribution in [0.3, 0.4) is 0 Å². The van der Waals surface area contributed by atoms with E-state index in [0.29, 0.717) is 19.6 Å². The number of rotatable bonds is 4. The van der Waals surface area contributed by atoms with Crippen LogP contribution in [0.5, 0.6) is 5.75 Å². The lowest BCUT2D eigenvalue weighted by Gasteiger charge is -2.30. The van der Waals surface area contributed by atoms with Crippen molar-refractivity contribution in [1.29, 1.82) is 0 Å². The van der Waals surface area contributed by atoms with Gasteiger partial charge in [-0.2, -0.15) is 0 Å². The van der Waals surface area contributed by atoms with E-state index >= 15 is 0 Å². The van der Waals surface area contributed by atoms with Crippen molar-refractivity contribution in [1.82, 2.24) is 19.7 Å². The molecule has 1 aliphatic heterocycles. The SMILES string of the molecule is COc1ccc(CCc2nnc3n2CCN(C(=O)OC(C)(C)C)C3)cc1. The first-order chi connectivity index (χ1) is 12.4. The Labute approximate surface area is 153 Å². The normalized spacial score (nSPS) is 14.1. The molecule has 1 amide bonds. The third-order valence-electron chi connectivity index (χ3n) is 4.28. The number of fused-ring (bicyclic) bond motifs is 1. The Morgan fingerprint density at radius 2 is 1.85 bits per heavy atom. The number of hydrogen-bond donors (Lipinski definition) is 0. The molecule has 0 radical (unpaired) electrons. The molecule has 0 fully saturated rings. The van der Waals surface area contributed by atoms with Crippen LogP contribution in [0.1, 0.15) is 38.0 Å². The summed E-state index contributed by atoms with van der Waals surface area (Å²) in [6, 6.07) is 8.06. The van der Waals surface area contributed by atoms with Gasteiger partial charge in [-0.05, 0) is 44.9 Å². The molecular formula is C19H26N4O3. The fourth-order valence-electron chi connectivity index (χ4n) is 2.93. The first kappa shape index (κ1) is 18.2. The maximum atomic E-state index is 12.2. The van der Waals surface area contributed by atoms with Gasteiger partial charge >= 0.3 is 6.09 Å². The van der Waals surface area contributed by atoms with Crippen LogP contribution in [0.2, 0.25) is 0 Å². The number of nitrogens with zero attached hydrogens (tertiary/aromatic N) is 4. The van der Waals surface area contributed by atoms with Gasteiger partial charge in [0, 0.05) is 19.5 Å². The number of aromatic nitrogens is 3. The molecule has 0 unspecified atom stereocenters. The highest BCUT2D eigenvalue weighted by atomic mass is 16.6. The molecule has 0 spiro atoms. The van der Waals surface area contributed by atoms with E-state index in [0.717, 1.165) is 30.2 Å². The molecule has 1 aromatic carbocycles. The van der Waals surface area contributed by atoms with Crippen molar-refractivity contribution >= 4 is 6.09 Å². The number of hydrogen-bond acceptors (Lipinski definition) is 5. The summed E-state index contributed by atoms with van der Waals surface area (Å²) in [5, 5.41) is 8.59. The summed E-state index contributed by atoms with van der Waals surface area (Å²) < 4.78 is 12.7. The molecule has 2 aromatic rings. The smallest absolute Gasteiger partial charge is 0.410 e. The predicted molar refractivity (Wildman–Crippen MR) is 97.1 cm³/mol. The van der Waals surface area contributed by atoms with Crippen molar-refractivity contribution in [3.8, 4) is 5.75 Å². The Kier molecular flexibility index (Phi) is 5.15. The Morgan fingerprint density at radius 3 is 2.50 bits per heavy atom. The van der Waals surface area contributed by atoms with Crippen LogP contribution >= 0.6 is 0 Å². The van der Waals surface area contributed by atoms with Gasteiger partial charge in [0.1, 0.15) is 17.2 Å². The average Bonchev–Trinajstić information content (AvgIpc) is 3.01. The van der Waals surface area contributed by atoms with E-state index in [1.165, 1.54) is 5.56 Å². The molecule has 3 rings (SSSR count). The lowest BCUT2D eigenvalue weighted by Crippen LogP contribution is -2.41. The van der Waals surface area contributed by atoms with Crippen LogP contribution < -0.4 is 4.74 Å². The first-order valence-corrected chi connectivity index (χ1v) is 8.87. The number of aryl methyl sites for hydroxylation is 2. The molecule has 0 bridgehead atoms. The van der Waals surface area contributed by atoms with Gasteiger partial charge in [0.15, 0.2) is 5.82 Å². The largest absolute Gasteiger partial charge is 0.497 e. The van der Waals surface area contributed by atoms with E-state index in [1.54, 1.807) is 12.0 Å². The molecule has 1 aliphatic rings. The van der Waals surface area contributed by atoms with Gasteiger partial charge in [0.05, 0.1) is 13.7 Å². The summed E-state index contributed by atoms with van der Waals surface area (Å²) in [7, 11) is 1.66. The second-order valence-corrected chi connectivity index (χ2v) is 7.43. The Morgan fingerprint density at radius 1 is 1.12 bits per heavy atom. The molecular weight excluding hydrogens is 332 g/mol. The highest BCUT2D eigenvalue weighted by Crippen LogP contribution is 2.18. The van der Waals surface area contributed by atoms with Crippen LogP contribution in [-0.4, -0.2) is 45.0 Å². The second kappa shape index (κ2) is 7.35. The summed E-state index contributed by atoms with van der Waals surface area (Å²) in [5.41, 5.74) is 0.737. The molecule has 0 N–H and O–H groups in total. The Hall–Kier alpha value is -2.57. The van der Waals surface area contributed by atoms with Crippen molar-refractivity contribution < 1.29 is 14.3 Å². The minimum atomic E-state index is -0.494. The maximum Gasteiger partial charge on any atom is 0.410 e. The minimum Gasteiger partial charge on any atom is -0.497 e. The minimum absolute atomic E-state index is 0.300. The summed E-state index contributed by atoms with van der Waals surface area (Å²) >= 11 is 0. The van der Waals surface area contributed by atoms with Crippen LogP contribution in [0.15, 0.2) is 24.3 Å². The number of benzene rings is 1. The fourth-order valence-corrected chi connectivity index (χ4v) is 2.93. The van der Waals surface area contributed by atoms with Crippen LogP contribution in [0, 0.1) is 0 Å². The van der Waals surface area contributed by atoms with Gasteiger partial charge in [-0.1, -0.05) is 12.1 Å². The fraction of sp³-hybridized carbons (Fsp3) is 0.526. The van der Waals surface area contributed by atoms with Gasteiger partial charge in [0.2, 0.25) is 0 Å². The van der Waals surface area contributed by atoms with Crippen LogP contribution in [-0.2, 0) is 30.7 Å². The third kappa shape index (κ3) is 4.33. The molecule has 7 nitrogen and oxygen atoms in total. The van der Waals surface area contributed by atoms with Gasteiger partial charge in [0.25, 0.3) is 0 Å². The lowest BCUT2D eigenvalue weighted by molar-refractivity contribution is 0.0194. The molecule has 140 valence electrons. The molecule has 0 aliphatic carbocycles. The Bertz CT molecular complexity index is 762. The molecule has 1 aromatic heterocycles. The zero-order chi connectivity index (χ0) is 18.7. The van der Waals surface area contributed by atoms with Crippen LogP contribution in [0.25, 0.3) is 0 Å². The van der Waals surface area contributed by atoms with Gasteiger partial charge in [-0.15, -0.1) is 10.2 Å². The number of methoxy groups -OCH3 is 1. The molecule has 7 heteroatoms. The van der Waals surface area contributed by atoms with Crippen molar-refractivity contribution in [3.05, 3.63) is 41.5 Å². The summed E-state index contributed by atoms with van der Waals surface area (Å²) in [5.74, 6) is 2.63.